The van der Waals surface area contributed by atoms with E-state index in [0.29, 0.717) is 0 Å². The van der Waals surface area contributed by atoms with Gasteiger partial charge in [0.2, 0.25) is 0 Å². The van der Waals surface area contributed by atoms with Crippen molar-refractivity contribution in [2.45, 2.75) is 5.41 Å². The number of phenols is 2. The van der Waals surface area contributed by atoms with Gasteiger partial charge in [-0.3, -0.25) is 0 Å². The lowest BCUT2D eigenvalue weighted by Gasteiger charge is -2.33. The van der Waals surface area contributed by atoms with Crippen LogP contribution in [0.15, 0.2) is 96.6 Å². The zero-order valence-electron chi connectivity index (χ0n) is 14.6. The van der Waals surface area contributed by atoms with E-state index < -0.39 is 5.41 Å². The highest BCUT2D eigenvalue weighted by Crippen LogP contribution is 2.47. The van der Waals surface area contributed by atoms with E-state index in [1.165, 1.54) is 22.3 Å². The summed E-state index contributed by atoms with van der Waals surface area (Å²) in [5.74, 6) is 0.498. The highest BCUT2D eigenvalue weighted by molar-refractivity contribution is 5.98. The minimum Gasteiger partial charge on any atom is -0.508 e. The Morgan fingerprint density at radius 1 is 0.667 bits per heavy atom. The number of aromatic hydroxyl groups is 2. The minimum absolute atomic E-state index is 0.249. The molecule has 3 aromatic carbocycles. The summed E-state index contributed by atoms with van der Waals surface area (Å²) in [4.78, 5) is 0. The normalized spacial score (nSPS) is 16.3. The van der Waals surface area contributed by atoms with Crippen LogP contribution in [0.4, 0.5) is 0 Å². The molecule has 0 bridgehead atoms. The van der Waals surface area contributed by atoms with Gasteiger partial charge in [-0.15, -0.1) is 0 Å². The molecule has 2 aliphatic rings. The second-order valence-corrected chi connectivity index (χ2v) is 7.04. The first-order valence-electron chi connectivity index (χ1n) is 8.98. The van der Waals surface area contributed by atoms with E-state index in [9.17, 15) is 10.2 Å². The average Bonchev–Trinajstić information content (AvgIpc) is 3.06. The van der Waals surface area contributed by atoms with Crippen molar-refractivity contribution in [2.24, 2.45) is 0 Å². The molecule has 0 saturated heterocycles. The Morgan fingerprint density at radius 3 is 1.89 bits per heavy atom. The first-order chi connectivity index (χ1) is 13.2. The van der Waals surface area contributed by atoms with Crippen LogP contribution in [0.25, 0.3) is 11.6 Å². The van der Waals surface area contributed by atoms with Crippen LogP contribution in [0.2, 0.25) is 0 Å². The standard InChI is InChI=1S/C25H18O2/c26-21-9-5-19(6-10-21)25(20-7-11-22(27)12-8-20)14-13-18-15-17-3-1-2-4-23(17)24(18)16-25/h1-16,26-27H. The quantitative estimate of drug-likeness (QED) is 0.646. The van der Waals surface area contributed by atoms with Crippen LogP contribution < -0.4 is 0 Å². The first kappa shape index (κ1) is 15.7. The summed E-state index contributed by atoms with van der Waals surface area (Å²) in [7, 11) is 0. The van der Waals surface area contributed by atoms with Gasteiger partial charge in [0.15, 0.2) is 0 Å². The molecule has 0 saturated carbocycles. The van der Waals surface area contributed by atoms with E-state index in [1.54, 1.807) is 24.3 Å². The van der Waals surface area contributed by atoms with Crippen molar-refractivity contribution in [1.82, 2.24) is 0 Å². The molecule has 0 amide bonds. The van der Waals surface area contributed by atoms with Gasteiger partial charge >= 0.3 is 0 Å². The van der Waals surface area contributed by atoms with Crippen LogP contribution in [-0.2, 0) is 5.41 Å². The Morgan fingerprint density at radius 2 is 1.26 bits per heavy atom. The highest BCUT2D eigenvalue weighted by atomic mass is 16.3. The molecule has 2 nitrogen and oxygen atoms in total. The van der Waals surface area contributed by atoms with E-state index in [-0.39, 0.29) is 11.5 Å². The smallest absolute Gasteiger partial charge is 0.115 e. The average molecular weight is 350 g/mol. The number of hydrogen-bond donors (Lipinski definition) is 2. The van der Waals surface area contributed by atoms with Gasteiger partial charge in [-0.1, -0.05) is 66.8 Å². The van der Waals surface area contributed by atoms with Crippen molar-refractivity contribution in [3.63, 3.8) is 0 Å². The number of rotatable bonds is 2. The Balaban J connectivity index is 1.76. The maximum atomic E-state index is 9.75. The molecule has 0 aliphatic heterocycles. The third kappa shape index (κ3) is 2.42. The summed E-state index contributed by atoms with van der Waals surface area (Å²) in [6, 6.07) is 23.1. The van der Waals surface area contributed by atoms with Gasteiger partial charge < -0.3 is 10.2 Å². The molecule has 0 radical (unpaired) electrons. The number of phenolic OH excluding ortho intramolecular Hbond substituents is 2. The fourth-order valence-corrected chi connectivity index (χ4v) is 4.07. The molecule has 0 aromatic heterocycles. The molecular weight excluding hydrogens is 332 g/mol. The lowest BCUT2D eigenvalue weighted by Crippen LogP contribution is -2.25. The minimum atomic E-state index is -0.467. The third-order valence-electron chi connectivity index (χ3n) is 5.46. The molecule has 3 aromatic rings. The molecule has 0 fully saturated rings. The van der Waals surface area contributed by atoms with Gasteiger partial charge in [0.1, 0.15) is 11.5 Å². The molecule has 0 heterocycles. The second kappa shape index (κ2) is 5.75. The predicted octanol–water partition coefficient (Wildman–Crippen LogP) is 5.43. The van der Waals surface area contributed by atoms with Gasteiger partial charge in [-0.05, 0) is 63.7 Å². The molecule has 2 aliphatic carbocycles. The lowest BCUT2D eigenvalue weighted by molar-refractivity contribution is 0.475. The van der Waals surface area contributed by atoms with E-state index in [0.717, 1.165) is 11.1 Å². The van der Waals surface area contributed by atoms with Crippen LogP contribution in [0.1, 0.15) is 22.3 Å². The van der Waals surface area contributed by atoms with Crippen LogP contribution in [0.3, 0.4) is 0 Å². The molecule has 5 rings (SSSR count). The van der Waals surface area contributed by atoms with E-state index >= 15 is 0 Å². The molecular formula is C25H18O2. The number of benzene rings is 3. The van der Waals surface area contributed by atoms with Gasteiger partial charge in [-0.25, -0.2) is 0 Å². The van der Waals surface area contributed by atoms with Crippen molar-refractivity contribution in [1.29, 1.82) is 0 Å². The largest absolute Gasteiger partial charge is 0.508 e. The van der Waals surface area contributed by atoms with Crippen LogP contribution in [-0.4, -0.2) is 10.2 Å². The fourth-order valence-electron chi connectivity index (χ4n) is 4.07. The number of fused-ring (bicyclic) bond motifs is 3. The summed E-state index contributed by atoms with van der Waals surface area (Å²) in [5.41, 5.74) is 6.57. The molecule has 130 valence electrons. The van der Waals surface area contributed by atoms with Crippen LogP contribution >= 0.6 is 0 Å². The van der Waals surface area contributed by atoms with Crippen LogP contribution in [0.5, 0.6) is 11.5 Å². The Bertz CT molecular complexity index is 1070. The SMILES string of the molecule is Oc1ccc(C2(c3ccc(O)cc3)C=CC3=Cc4ccccc4C3=C2)cc1. The topological polar surface area (TPSA) is 40.5 Å². The Kier molecular flexibility index (Phi) is 3.34. The van der Waals surface area contributed by atoms with Crippen molar-refractivity contribution >= 4 is 11.6 Å². The first-order valence-corrected chi connectivity index (χ1v) is 8.98. The monoisotopic (exact) mass is 350 g/mol. The van der Waals surface area contributed by atoms with Crippen molar-refractivity contribution < 1.29 is 10.2 Å². The summed E-state index contributed by atoms with van der Waals surface area (Å²) in [6.45, 7) is 0. The van der Waals surface area contributed by atoms with Crippen LogP contribution in [0, 0.1) is 0 Å². The van der Waals surface area contributed by atoms with Crippen molar-refractivity contribution in [2.75, 3.05) is 0 Å². The zero-order chi connectivity index (χ0) is 18.4. The molecule has 2 N–H and O–H groups in total. The molecule has 27 heavy (non-hydrogen) atoms. The van der Waals surface area contributed by atoms with E-state index in [2.05, 4.69) is 48.6 Å². The van der Waals surface area contributed by atoms with Gasteiger partial charge in [0, 0.05) is 0 Å². The molecule has 2 heteroatoms. The zero-order valence-corrected chi connectivity index (χ0v) is 14.6. The summed E-state index contributed by atoms with van der Waals surface area (Å²) >= 11 is 0. The number of allylic oxidation sites excluding steroid dienone is 5. The third-order valence-corrected chi connectivity index (χ3v) is 5.46. The fraction of sp³-hybridized carbons (Fsp3) is 0.0400. The van der Waals surface area contributed by atoms with E-state index in [4.69, 9.17) is 0 Å². The second-order valence-electron chi connectivity index (χ2n) is 7.04. The van der Waals surface area contributed by atoms with Gasteiger partial charge in [0.05, 0.1) is 5.41 Å². The lowest BCUT2D eigenvalue weighted by atomic mass is 9.70. The summed E-state index contributed by atoms with van der Waals surface area (Å²) in [6.07, 6.45) is 8.89. The Hall–Kier alpha value is -3.52. The van der Waals surface area contributed by atoms with Crippen molar-refractivity contribution in [3.8, 4) is 11.5 Å². The molecule has 0 unspecified atom stereocenters. The summed E-state index contributed by atoms with van der Waals surface area (Å²) in [5, 5.41) is 19.5. The number of hydrogen-bond acceptors (Lipinski definition) is 2. The maximum Gasteiger partial charge on any atom is 0.115 e. The molecule has 0 atom stereocenters. The summed E-state index contributed by atoms with van der Waals surface area (Å²) < 4.78 is 0. The predicted molar refractivity (Wildman–Crippen MR) is 109 cm³/mol. The maximum absolute atomic E-state index is 9.75. The van der Waals surface area contributed by atoms with Crippen molar-refractivity contribution in [3.05, 3.63) is 119 Å². The Labute approximate surface area is 158 Å². The van der Waals surface area contributed by atoms with E-state index in [1.807, 2.05) is 24.3 Å². The van der Waals surface area contributed by atoms with Gasteiger partial charge in [0.25, 0.3) is 0 Å². The molecule has 0 spiro atoms. The highest BCUT2D eigenvalue weighted by Gasteiger charge is 2.34. The van der Waals surface area contributed by atoms with Gasteiger partial charge in [-0.2, -0.15) is 0 Å².